The van der Waals surface area contributed by atoms with Crippen LogP contribution in [0.3, 0.4) is 0 Å². The molecule has 40 heavy (non-hydrogen) atoms. The molecule has 1 unspecified atom stereocenters. The van der Waals surface area contributed by atoms with Crippen molar-refractivity contribution in [3.8, 4) is 0 Å². The minimum atomic E-state index is -4.13. The highest BCUT2D eigenvalue weighted by atomic mass is 79.9. The largest absolute Gasteiger partial charge is 0.352 e. The Bertz CT molecular complexity index is 1450. The van der Waals surface area contributed by atoms with Crippen molar-refractivity contribution in [2.24, 2.45) is 0 Å². The molecule has 0 bridgehead atoms. The van der Waals surface area contributed by atoms with E-state index in [1.54, 1.807) is 50.2 Å². The third-order valence-electron chi connectivity index (χ3n) is 7.17. The van der Waals surface area contributed by atoms with Crippen molar-refractivity contribution in [1.82, 2.24) is 10.2 Å². The summed E-state index contributed by atoms with van der Waals surface area (Å²) in [6.45, 7) is 3.09. The number of rotatable bonds is 10. The maximum Gasteiger partial charge on any atom is 0.264 e. The van der Waals surface area contributed by atoms with E-state index in [1.807, 2.05) is 24.3 Å². The molecule has 1 fully saturated rings. The second-order valence-electron chi connectivity index (χ2n) is 10.1. The number of carbonyl (C=O) groups excluding carboxylic acids is 2. The van der Waals surface area contributed by atoms with Gasteiger partial charge in [0.2, 0.25) is 11.8 Å². The number of benzene rings is 3. The lowest BCUT2D eigenvalue weighted by Crippen LogP contribution is -2.52. The molecule has 0 aliphatic heterocycles. The topological polar surface area (TPSA) is 86.8 Å². The number of hydrogen-bond acceptors (Lipinski definition) is 4. The first-order chi connectivity index (χ1) is 19.1. The van der Waals surface area contributed by atoms with Crippen molar-refractivity contribution >= 4 is 55.1 Å². The molecule has 0 radical (unpaired) electrons. The highest BCUT2D eigenvalue weighted by Gasteiger charge is 2.33. The molecular weight excluding hydrogens is 614 g/mol. The van der Waals surface area contributed by atoms with E-state index >= 15 is 0 Å². The fraction of sp³-hybridized carbons (Fsp3) is 0.333. The summed E-state index contributed by atoms with van der Waals surface area (Å²) in [5, 5.41) is 3.54. The first-order valence-corrected chi connectivity index (χ1v) is 15.9. The van der Waals surface area contributed by atoms with Crippen LogP contribution in [-0.4, -0.2) is 43.8 Å². The Labute approximate surface area is 249 Å². The summed E-state index contributed by atoms with van der Waals surface area (Å²) in [7, 11) is -4.13. The number of nitrogens with zero attached hydrogens (tertiary/aromatic N) is 2. The van der Waals surface area contributed by atoms with Crippen LogP contribution in [-0.2, 0) is 26.2 Å². The van der Waals surface area contributed by atoms with E-state index in [9.17, 15) is 18.0 Å². The van der Waals surface area contributed by atoms with Crippen molar-refractivity contribution < 1.29 is 18.0 Å². The Morgan fingerprint density at radius 2 is 1.68 bits per heavy atom. The number of anilines is 1. The van der Waals surface area contributed by atoms with Gasteiger partial charge in [-0.1, -0.05) is 70.7 Å². The van der Waals surface area contributed by atoms with Crippen molar-refractivity contribution in [3.63, 3.8) is 0 Å². The summed E-state index contributed by atoms with van der Waals surface area (Å²) in [6, 6.07) is 19.6. The number of sulfonamides is 1. The summed E-state index contributed by atoms with van der Waals surface area (Å²) >= 11 is 9.59. The third-order valence-corrected chi connectivity index (χ3v) is 9.71. The van der Waals surface area contributed by atoms with Gasteiger partial charge in [0.1, 0.15) is 12.6 Å². The zero-order valence-corrected chi connectivity index (χ0v) is 25.7. The van der Waals surface area contributed by atoms with Gasteiger partial charge in [-0.25, -0.2) is 8.42 Å². The van der Waals surface area contributed by atoms with Crippen LogP contribution in [0.5, 0.6) is 0 Å². The van der Waals surface area contributed by atoms with Gasteiger partial charge in [0, 0.05) is 22.1 Å². The Hall–Kier alpha value is -2.88. The molecule has 1 aliphatic carbocycles. The lowest BCUT2D eigenvalue weighted by molar-refractivity contribution is -0.139. The number of nitrogens with one attached hydrogen (secondary N) is 1. The van der Waals surface area contributed by atoms with Crippen LogP contribution in [0.4, 0.5) is 5.69 Å². The molecule has 1 atom stereocenters. The van der Waals surface area contributed by atoms with Crippen LogP contribution in [0.1, 0.15) is 43.7 Å². The summed E-state index contributed by atoms with van der Waals surface area (Å²) in [4.78, 5) is 28.8. The second kappa shape index (κ2) is 13.2. The predicted molar refractivity (Wildman–Crippen MR) is 162 cm³/mol. The van der Waals surface area contributed by atoms with Crippen LogP contribution >= 0.6 is 27.5 Å². The van der Waals surface area contributed by atoms with Crippen LogP contribution in [0.25, 0.3) is 0 Å². The molecule has 3 aromatic carbocycles. The number of amides is 2. The second-order valence-corrected chi connectivity index (χ2v) is 13.3. The highest BCUT2D eigenvalue weighted by molar-refractivity contribution is 9.10. The molecule has 4 rings (SSSR count). The Morgan fingerprint density at radius 1 is 1.02 bits per heavy atom. The van der Waals surface area contributed by atoms with Gasteiger partial charge in [0.15, 0.2) is 0 Å². The molecular formula is C30H33BrClN3O4S. The van der Waals surface area contributed by atoms with E-state index in [1.165, 1.54) is 17.0 Å². The third kappa shape index (κ3) is 7.25. The van der Waals surface area contributed by atoms with Gasteiger partial charge in [-0.05, 0) is 80.3 Å². The van der Waals surface area contributed by atoms with E-state index < -0.39 is 28.5 Å². The van der Waals surface area contributed by atoms with E-state index in [-0.39, 0.29) is 23.4 Å². The average molecular weight is 647 g/mol. The Morgan fingerprint density at radius 3 is 2.30 bits per heavy atom. The molecule has 212 valence electrons. The zero-order chi connectivity index (χ0) is 28.9. The number of hydrogen-bond donors (Lipinski definition) is 1. The lowest BCUT2D eigenvalue weighted by atomic mass is 10.1. The molecule has 2 amide bonds. The van der Waals surface area contributed by atoms with Crippen molar-refractivity contribution in [2.45, 2.75) is 63.1 Å². The smallest absolute Gasteiger partial charge is 0.264 e. The minimum Gasteiger partial charge on any atom is -0.352 e. The van der Waals surface area contributed by atoms with Crippen LogP contribution < -0.4 is 9.62 Å². The molecule has 0 saturated heterocycles. The molecule has 10 heteroatoms. The van der Waals surface area contributed by atoms with Crippen molar-refractivity contribution in [1.29, 1.82) is 0 Å². The van der Waals surface area contributed by atoms with Gasteiger partial charge < -0.3 is 10.2 Å². The SMILES string of the molecule is Cc1cc(Cl)ccc1N(CC(=O)N(Cc1ccc(Br)cc1)C(C)C(=O)NC1CCCC1)S(=O)(=O)c1ccccc1. The maximum absolute atomic E-state index is 14.0. The Balaban J connectivity index is 1.70. The summed E-state index contributed by atoms with van der Waals surface area (Å²) in [5.41, 5.74) is 1.76. The monoisotopic (exact) mass is 645 g/mol. The van der Waals surface area contributed by atoms with E-state index in [4.69, 9.17) is 11.6 Å². The highest BCUT2D eigenvalue weighted by Crippen LogP contribution is 2.29. The lowest BCUT2D eigenvalue weighted by Gasteiger charge is -2.33. The summed E-state index contributed by atoms with van der Waals surface area (Å²) in [6.07, 6.45) is 3.96. The quantitative estimate of drug-likeness (QED) is 0.289. The standard InChI is InChI=1S/C30H33BrClN3O4S/c1-21-18-25(32)16-17-28(21)35(40(38,39)27-10-4-3-5-11-27)20-29(36)34(19-23-12-14-24(31)15-13-23)22(2)30(37)33-26-8-6-7-9-26/h3-5,10-18,22,26H,6-9,19-20H2,1-2H3,(H,33,37). The van der Waals surface area contributed by atoms with Gasteiger partial charge in [0.05, 0.1) is 10.6 Å². The summed E-state index contributed by atoms with van der Waals surface area (Å²) < 4.78 is 29.8. The molecule has 1 saturated carbocycles. The van der Waals surface area contributed by atoms with Crippen molar-refractivity contribution in [2.75, 3.05) is 10.8 Å². The van der Waals surface area contributed by atoms with Gasteiger partial charge in [-0.2, -0.15) is 0 Å². The molecule has 0 heterocycles. The molecule has 0 spiro atoms. The molecule has 1 aliphatic rings. The van der Waals surface area contributed by atoms with Crippen LogP contribution in [0, 0.1) is 6.92 Å². The number of halogens is 2. The van der Waals surface area contributed by atoms with E-state index in [0.29, 0.717) is 16.3 Å². The average Bonchev–Trinajstić information content (AvgIpc) is 3.45. The molecule has 1 N–H and O–H groups in total. The molecule has 7 nitrogen and oxygen atoms in total. The first kappa shape index (κ1) is 30.1. The van der Waals surface area contributed by atoms with Crippen LogP contribution in [0.15, 0.2) is 82.2 Å². The number of aryl methyl sites for hydroxylation is 1. The predicted octanol–water partition coefficient (Wildman–Crippen LogP) is 6.08. The van der Waals surface area contributed by atoms with E-state index in [0.717, 1.165) is 40.0 Å². The number of carbonyl (C=O) groups is 2. The van der Waals surface area contributed by atoms with Gasteiger partial charge in [0.25, 0.3) is 10.0 Å². The van der Waals surface area contributed by atoms with E-state index in [2.05, 4.69) is 21.2 Å². The Kier molecular flexibility index (Phi) is 9.92. The molecule has 3 aromatic rings. The summed E-state index contributed by atoms with van der Waals surface area (Å²) in [5.74, 6) is -0.747. The fourth-order valence-electron chi connectivity index (χ4n) is 4.89. The van der Waals surface area contributed by atoms with Crippen LogP contribution in [0.2, 0.25) is 5.02 Å². The zero-order valence-electron chi connectivity index (χ0n) is 22.5. The first-order valence-electron chi connectivity index (χ1n) is 13.2. The van der Waals surface area contributed by atoms with Gasteiger partial charge in [-0.15, -0.1) is 0 Å². The normalized spacial score (nSPS) is 14.5. The minimum absolute atomic E-state index is 0.0589. The van der Waals surface area contributed by atoms with Crippen molar-refractivity contribution in [3.05, 3.63) is 93.4 Å². The maximum atomic E-state index is 14.0. The van der Waals surface area contributed by atoms with Gasteiger partial charge in [-0.3, -0.25) is 13.9 Å². The molecule has 0 aromatic heterocycles. The van der Waals surface area contributed by atoms with Gasteiger partial charge >= 0.3 is 0 Å². The fourth-order valence-corrected chi connectivity index (χ4v) is 6.88.